The van der Waals surface area contributed by atoms with E-state index < -0.39 is 0 Å². The molecule has 8 heteroatoms. The molecule has 0 spiro atoms. The van der Waals surface area contributed by atoms with E-state index in [2.05, 4.69) is 26.0 Å². The summed E-state index contributed by atoms with van der Waals surface area (Å²) in [5.74, 6) is 0. The minimum atomic E-state index is 0.0844. The SMILES string of the molecule is Cc1nc(CNCC2Cn3nnc(-c4ccoc4)c3CO2)cs1. The van der Waals surface area contributed by atoms with E-state index in [4.69, 9.17) is 9.15 Å². The first-order valence-electron chi connectivity index (χ1n) is 7.48. The summed E-state index contributed by atoms with van der Waals surface area (Å²) in [5, 5.41) is 15.1. The number of aryl methyl sites for hydroxylation is 1. The zero-order valence-electron chi connectivity index (χ0n) is 12.7. The summed E-state index contributed by atoms with van der Waals surface area (Å²) >= 11 is 1.67. The van der Waals surface area contributed by atoms with Gasteiger partial charge in [-0.05, 0) is 13.0 Å². The van der Waals surface area contributed by atoms with Crippen LogP contribution in [0.3, 0.4) is 0 Å². The Kier molecular flexibility index (Phi) is 3.94. The highest BCUT2D eigenvalue weighted by molar-refractivity contribution is 7.09. The summed E-state index contributed by atoms with van der Waals surface area (Å²) in [5.41, 5.74) is 3.85. The first-order chi connectivity index (χ1) is 11.3. The molecule has 0 bridgehead atoms. The van der Waals surface area contributed by atoms with Gasteiger partial charge >= 0.3 is 0 Å². The Morgan fingerprint density at radius 2 is 2.43 bits per heavy atom. The van der Waals surface area contributed by atoms with Crippen LogP contribution in [0.4, 0.5) is 0 Å². The third kappa shape index (κ3) is 3.05. The maximum atomic E-state index is 5.93. The van der Waals surface area contributed by atoms with E-state index in [1.807, 2.05) is 17.7 Å². The van der Waals surface area contributed by atoms with Crippen molar-refractivity contribution in [3.05, 3.63) is 40.4 Å². The van der Waals surface area contributed by atoms with Crippen LogP contribution in [0, 0.1) is 6.92 Å². The Labute approximate surface area is 137 Å². The second kappa shape index (κ2) is 6.23. The second-order valence-electron chi connectivity index (χ2n) is 5.50. The highest BCUT2D eigenvalue weighted by Gasteiger charge is 2.24. The molecule has 3 aromatic heterocycles. The monoisotopic (exact) mass is 331 g/mol. The maximum Gasteiger partial charge on any atom is 0.121 e. The average Bonchev–Trinajstić information content (AvgIpc) is 3.27. The number of nitrogens with one attached hydrogen (secondary N) is 1. The second-order valence-corrected chi connectivity index (χ2v) is 6.56. The molecule has 0 saturated carbocycles. The predicted octanol–water partition coefficient (Wildman–Crippen LogP) is 1.99. The van der Waals surface area contributed by atoms with Gasteiger partial charge in [-0.25, -0.2) is 9.67 Å². The van der Waals surface area contributed by atoms with Crippen molar-refractivity contribution < 1.29 is 9.15 Å². The quantitative estimate of drug-likeness (QED) is 0.770. The Morgan fingerprint density at radius 3 is 3.22 bits per heavy atom. The van der Waals surface area contributed by atoms with Crippen LogP contribution in [0.1, 0.15) is 16.4 Å². The van der Waals surface area contributed by atoms with Gasteiger partial charge in [0.2, 0.25) is 0 Å². The standard InChI is InChI=1S/C15H17N5O2S/c1-10-17-12(9-23-10)4-16-5-13-6-20-14(8-22-13)15(18-19-20)11-2-3-21-7-11/h2-3,7,9,13,16H,4-6,8H2,1H3. The molecule has 0 saturated heterocycles. The lowest BCUT2D eigenvalue weighted by atomic mass is 10.2. The van der Waals surface area contributed by atoms with E-state index in [-0.39, 0.29) is 6.10 Å². The van der Waals surface area contributed by atoms with Gasteiger partial charge < -0.3 is 14.5 Å². The average molecular weight is 331 g/mol. The topological polar surface area (TPSA) is 78.0 Å². The Balaban J connectivity index is 1.36. The number of aromatic nitrogens is 4. The van der Waals surface area contributed by atoms with Crippen LogP contribution < -0.4 is 5.32 Å². The molecule has 4 heterocycles. The molecule has 4 rings (SSSR count). The van der Waals surface area contributed by atoms with Crippen LogP contribution in [-0.2, 0) is 24.4 Å². The molecule has 23 heavy (non-hydrogen) atoms. The number of thiazole rings is 1. The molecule has 1 unspecified atom stereocenters. The largest absolute Gasteiger partial charge is 0.472 e. The predicted molar refractivity (Wildman–Crippen MR) is 84.9 cm³/mol. The number of rotatable bonds is 5. The van der Waals surface area contributed by atoms with E-state index in [1.54, 1.807) is 23.9 Å². The lowest BCUT2D eigenvalue weighted by Crippen LogP contribution is -2.36. The molecular formula is C15H17N5O2S. The van der Waals surface area contributed by atoms with Crippen LogP contribution in [0.25, 0.3) is 11.3 Å². The van der Waals surface area contributed by atoms with Gasteiger partial charge in [-0.3, -0.25) is 0 Å². The molecule has 0 radical (unpaired) electrons. The normalized spacial score (nSPS) is 17.3. The zero-order chi connectivity index (χ0) is 15.6. The third-order valence-corrected chi connectivity index (χ3v) is 4.63. The summed E-state index contributed by atoms with van der Waals surface area (Å²) < 4.78 is 13.0. The van der Waals surface area contributed by atoms with Crippen molar-refractivity contribution in [1.29, 1.82) is 0 Å². The van der Waals surface area contributed by atoms with Gasteiger partial charge in [0.05, 0.1) is 48.2 Å². The van der Waals surface area contributed by atoms with Crippen LogP contribution in [0.2, 0.25) is 0 Å². The number of hydrogen-bond donors (Lipinski definition) is 1. The lowest BCUT2D eigenvalue weighted by molar-refractivity contribution is 0.00122. The van der Waals surface area contributed by atoms with Crippen molar-refractivity contribution in [2.24, 2.45) is 0 Å². The van der Waals surface area contributed by atoms with Crippen molar-refractivity contribution in [3.63, 3.8) is 0 Å². The summed E-state index contributed by atoms with van der Waals surface area (Å²) in [7, 11) is 0. The Morgan fingerprint density at radius 1 is 1.48 bits per heavy atom. The van der Waals surface area contributed by atoms with Crippen LogP contribution in [0.15, 0.2) is 28.4 Å². The molecule has 7 nitrogen and oxygen atoms in total. The van der Waals surface area contributed by atoms with Gasteiger partial charge in [0.15, 0.2) is 0 Å². The lowest BCUT2D eigenvalue weighted by Gasteiger charge is -2.24. The van der Waals surface area contributed by atoms with E-state index in [0.29, 0.717) is 13.2 Å². The van der Waals surface area contributed by atoms with Gasteiger partial charge in [0, 0.05) is 24.0 Å². The van der Waals surface area contributed by atoms with Gasteiger partial charge in [0.1, 0.15) is 5.69 Å². The minimum Gasteiger partial charge on any atom is -0.472 e. The molecule has 0 aromatic carbocycles. The summed E-state index contributed by atoms with van der Waals surface area (Å²) in [4.78, 5) is 4.44. The summed E-state index contributed by atoms with van der Waals surface area (Å²) in [6, 6.07) is 1.88. The molecule has 0 amide bonds. The third-order valence-electron chi connectivity index (χ3n) is 3.81. The fourth-order valence-corrected chi connectivity index (χ4v) is 3.27. The molecule has 1 aliphatic heterocycles. The first kappa shape index (κ1) is 14.6. The number of ether oxygens (including phenoxy) is 1. The fraction of sp³-hybridized carbons (Fsp3) is 0.400. The molecule has 120 valence electrons. The molecule has 1 aliphatic rings. The molecule has 1 N–H and O–H groups in total. The van der Waals surface area contributed by atoms with Crippen LogP contribution in [0.5, 0.6) is 0 Å². The van der Waals surface area contributed by atoms with Crippen molar-refractivity contribution in [1.82, 2.24) is 25.3 Å². The summed E-state index contributed by atoms with van der Waals surface area (Å²) in [6.45, 7) is 4.74. The van der Waals surface area contributed by atoms with E-state index in [1.165, 1.54) is 0 Å². The highest BCUT2D eigenvalue weighted by Crippen LogP contribution is 2.25. The smallest absolute Gasteiger partial charge is 0.121 e. The molecular weight excluding hydrogens is 314 g/mol. The molecule has 0 aliphatic carbocycles. The van der Waals surface area contributed by atoms with Crippen LogP contribution in [-0.4, -0.2) is 32.6 Å². The number of hydrogen-bond acceptors (Lipinski definition) is 7. The Bertz CT molecular complexity index is 780. The van der Waals surface area contributed by atoms with Gasteiger partial charge in [0.25, 0.3) is 0 Å². The first-order valence-corrected chi connectivity index (χ1v) is 8.36. The van der Waals surface area contributed by atoms with Crippen molar-refractivity contribution in [2.45, 2.75) is 32.7 Å². The minimum absolute atomic E-state index is 0.0844. The highest BCUT2D eigenvalue weighted by atomic mass is 32.1. The number of nitrogens with zero attached hydrogens (tertiary/aromatic N) is 4. The molecule has 0 fully saturated rings. The van der Waals surface area contributed by atoms with Crippen molar-refractivity contribution in [3.8, 4) is 11.3 Å². The number of furan rings is 1. The van der Waals surface area contributed by atoms with Gasteiger partial charge in [-0.15, -0.1) is 16.4 Å². The maximum absolute atomic E-state index is 5.93. The summed E-state index contributed by atoms with van der Waals surface area (Å²) in [6.07, 6.45) is 3.40. The zero-order valence-corrected chi connectivity index (χ0v) is 13.5. The molecule has 3 aromatic rings. The van der Waals surface area contributed by atoms with Gasteiger partial charge in [-0.2, -0.15) is 0 Å². The van der Waals surface area contributed by atoms with Crippen molar-refractivity contribution >= 4 is 11.3 Å². The van der Waals surface area contributed by atoms with Gasteiger partial charge in [-0.1, -0.05) is 5.21 Å². The fourth-order valence-electron chi connectivity index (χ4n) is 2.66. The van der Waals surface area contributed by atoms with Crippen molar-refractivity contribution in [2.75, 3.05) is 6.54 Å². The number of fused-ring (bicyclic) bond motifs is 1. The Hall–Kier alpha value is -2.03. The van der Waals surface area contributed by atoms with E-state index in [9.17, 15) is 0 Å². The van der Waals surface area contributed by atoms with Crippen LogP contribution >= 0.6 is 11.3 Å². The van der Waals surface area contributed by atoms with E-state index >= 15 is 0 Å². The molecule has 1 atom stereocenters. The van der Waals surface area contributed by atoms with E-state index in [0.717, 1.165) is 40.7 Å².